The van der Waals surface area contributed by atoms with Crippen LogP contribution in [0.3, 0.4) is 0 Å². The van der Waals surface area contributed by atoms with E-state index >= 15 is 0 Å². The number of carbonyl (C=O) groups is 1. The lowest BCUT2D eigenvalue weighted by Crippen LogP contribution is -2.15. The smallest absolute Gasteiger partial charge is 0.193 e. The fourth-order valence-electron chi connectivity index (χ4n) is 5.29. The molecule has 2 fully saturated rings. The van der Waals surface area contributed by atoms with Crippen LogP contribution in [0.1, 0.15) is 103 Å². The molecular formula is C25H33O3P. The highest BCUT2D eigenvalue weighted by molar-refractivity contribution is 6.92. The summed E-state index contributed by atoms with van der Waals surface area (Å²) in [7, 11) is 0. The minimum atomic E-state index is -0.0621. The molecule has 2 saturated carbocycles. The molecule has 2 aliphatic carbocycles. The van der Waals surface area contributed by atoms with E-state index in [-0.39, 0.29) is 39.0 Å². The Kier molecular flexibility index (Phi) is 7.35. The summed E-state index contributed by atoms with van der Waals surface area (Å²) in [4.78, 5) is 13.7. The van der Waals surface area contributed by atoms with Crippen molar-refractivity contribution in [2.75, 3.05) is 0 Å². The average Bonchev–Trinajstić information content (AvgIpc) is 2.74. The number of hydrogen-bond donors (Lipinski definition) is 2. The van der Waals surface area contributed by atoms with Gasteiger partial charge in [0.05, 0.1) is 0 Å². The Morgan fingerprint density at radius 2 is 1.03 bits per heavy atom. The van der Waals surface area contributed by atoms with Gasteiger partial charge in [-0.3, -0.25) is 4.79 Å². The molecule has 0 spiro atoms. The summed E-state index contributed by atoms with van der Waals surface area (Å²) in [5.74, 6) is 0.885. The van der Waals surface area contributed by atoms with Crippen LogP contribution in [0, 0.1) is 0 Å². The van der Waals surface area contributed by atoms with Crippen LogP contribution in [0.4, 0.5) is 0 Å². The van der Waals surface area contributed by atoms with Gasteiger partial charge in [0.2, 0.25) is 0 Å². The Labute approximate surface area is 177 Å². The molecule has 0 heterocycles. The third-order valence-electron chi connectivity index (χ3n) is 6.68. The maximum atomic E-state index is 13.7. The first-order valence-electron chi connectivity index (χ1n) is 10.8. The van der Waals surface area contributed by atoms with Crippen LogP contribution in [0.2, 0.25) is 0 Å². The quantitative estimate of drug-likeness (QED) is 0.446. The maximum absolute atomic E-state index is 13.7. The topological polar surface area (TPSA) is 57.5 Å². The number of hydrogen-bond acceptors (Lipinski definition) is 3. The van der Waals surface area contributed by atoms with Gasteiger partial charge in [-0.15, -0.1) is 0 Å². The van der Waals surface area contributed by atoms with Crippen molar-refractivity contribution < 1.29 is 15.0 Å². The van der Waals surface area contributed by atoms with Crippen molar-refractivity contribution in [2.45, 2.75) is 76.0 Å². The molecule has 2 aromatic rings. The molecule has 0 aliphatic heterocycles. The van der Waals surface area contributed by atoms with Gasteiger partial charge in [-0.2, -0.15) is 9.90 Å². The van der Waals surface area contributed by atoms with Gasteiger partial charge in [-0.05, 0) is 49.7 Å². The van der Waals surface area contributed by atoms with Crippen LogP contribution in [0.25, 0.3) is 0 Å². The van der Waals surface area contributed by atoms with Crippen LogP contribution >= 0.6 is 9.90 Å². The van der Waals surface area contributed by atoms with Crippen LogP contribution < -0.4 is 0 Å². The predicted molar refractivity (Wildman–Crippen MR) is 122 cm³/mol. The van der Waals surface area contributed by atoms with E-state index in [0.717, 1.165) is 62.5 Å². The van der Waals surface area contributed by atoms with Gasteiger partial charge in [0, 0.05) is 22.3 Å². The number of ketones is 1. The summed E-state index contributed by atoms with van der Waals surface area (Å²) in [5.41, 5.74) is 2.83. The molecule has 2 aromatic carbocycles. The normalized spacial score (nSPS) is 18.2. The molecule has 0 aromatic heterocycles. The Bertz CT molecular complexity index is 780. The number of aromatic hydroxyl groups is 2. The van der Waals surface area contributed by atoms with E-state index in [9.17, 15) is 15.0 Å². The molecule has 0 amide bonds. The van der Waals surface area contributed by atoms with Crippen molar-refractivity contribution in [3.05, 3.63) is 58.7 Å². The van der Waals surface area contributed by atoms with Crippen molar-refractivity contribution in [2.24, 2.45) is 0 Å². The van der Waals surface area contributed by atoms with E-state index in [4.69, 9.17) is 0 Å². The minimum absolute atomic E-state index is 0. The monoisotopic (exact) mass is 412 g/mol. The molecular weight excluding hydrogens is 379 g/mol. The average molecular weight is 413 g/mol. The van der Waals surface area contributed by atoms with Gasteiger partial charge >= 0.3 is 0 Å². The largest absolute Gasteiger partial charge is 0.508 e. The van der Waals surface area contributed by atoms with E-state index < -0.39 is 0 Å². The number of phenolic OH excluding ortho intramolecular Hbond substituents is 2. The van der Waals surface area contributed by atoms with Gasteiger partial charge in [-0.1, -0.05) is 62.8 Å². The fraction of sp³-hybridized carbons (Fsp3) is 0.480. The Hall–Kier alpha value is -1.86. The highest BCUT2D eigenvalue weighted by Gasteiger charge is 2.29. The second-order valence-electron chi connectivity index (χ2n) is 8.48. The summed E-state index contributed by atoms with van der Waals surface area (Å²) >= 11 is 0. The second-order valence-corrected chi connectivity index (χ2v) is 8.48. The van der Waals surface area contributed by atoms with Crippen LogP contribution in [0.15, 0.2) is 36.4 Å². The van der Waals surface area contributed by atoms with E-state index in [2.05, 4.69) is 0 Å². The zero-order valence-corrected chi connectivity index (χ0v) is 18.6. The van der Waals surface area contributed by atoms with Gasteiger partial charge in [0.25, 0.3) is 0 Å². The second kappa shape index (κ2) is 9.76. The Balaban J connectivity index is 0.00000240. The van der Waals surface area contributed by atoms with Gasteiger partial charge in [0.15, 0.2) is 5.78 Å². The lowest BCUT2D eigenvalue weighted by atomic mass is 9.77. The van der Waals surface area contributed by atoms with Gasteiger partial charge in [0.1, 0.15) is 11.5 Å². The number of rotatable bonds is 4. The van der Waals surface area contributed by atoms with Crippen molar-refractivity contribution in [3.8, 4) is 11.5 Å². The molecule has 156 valence electrons. The van der Waals surface area contributed by atoms with Crippen molar-refractivity contribution >= 4 is 15.7 Å². The minimum Gasteiger partial charge on any atom is -0.508 e. The van der Waals surface area contributed by atoms with Crippen LogP contribution in [-0.4, -0.2) is 16.0 Å². The first kappa shape index (κ1) is 21.8. The summed E-state index contributed by atoms with van der Waals surface area (Å²) < 4.78 is 0. The molecule has 2 N–H and O–H groups in total. The molecule has 1 unspecified atom stereocenters. The summed E-state index contributed by atoms with van der Waals surface area (Å²) in [6.07, 6.45) is 11.1. The summed E-state index contributed by atoms with van der Waals surface area (Å²) in [5, 5.41) is 21.2. The standard InChI is InChI=1S/C25H30O3.H3P/c26-21-15-7-13-19(23(21)17-9-3-1-4-10-17)25(28)20-14-8-16-22(27)24(20)18-11-5-2-6-12-18;/h7-8,13-18,26-27H,1-6,9-12H2;1H3. The fourth-order valence-corrected chi connectivity index (χ4v) is 5.29. The van der Waals surface area contributed by atoms with Crippen LogP contribution in [0.5, 0.6) is 11.5 Å². The molecule has 0 bridgehead atoms. The Morgan fingerprint density at radius 3 is 1.41 bits per heavy atom. The molecule has 4 rings (SSSR count). The number of phenols is 2. The molecule has 1 atom stereocenters. The summed E-state index contributed by atoms with van der Waals surface area (Å²) in [6.45, 7) is 0. The van der Waals surface area contributed by atoms with E-state index in [1.54, 1.807) is 24.3 Å². The molecule has 0 saturated heterocycles. The molecule has 3 nitrogen and oxygen atoms in total. The maximum Gasteiger partial charge on any atom is 0.193 e. The summed E-state index contributed by atoms with van der Waals surface area (Å²) in [6, 6.07) is 10.6. The first-order chi connectivity index (χ1) is 13.7. The van der Waals surface area contributed by atoms with Gasteiger partial charge in [-0.25, -0.2) is 0 Å². The van der Waals surface area contributed by atoms with E-state index in [0.29, 0.717) is 11.1 Å². The zero-order valence-electron chi connectivity index (χ0n) is 17.2. The molecule has 4 heteroatoms. The molecule has 29 heavy (non-hydrogen) atoms. The number of carbonyl (C=O) groups excluding carboxylic acids is 1. The third kappa shape index (κ3) is 4.51. The van der Waals surface area contributed by atoms with Crippen LogP contribution in [-0.2, 0) is 0 Å². The number of benzene rings is 2. The van der Waals surface area contributed by atoms with Gasteiger partial charge < -0.3 is 10.2 Å². The lowest BCUT2D eigenvalue weighted by Gasteiger charge is -2.27. The zero-order chi connectivity index (χ0) is 19.5. The van der Waals surface area contributed by atoms with Crippen molar-refractivity contribution in [3.63, 3.8) is 0 Å². The van der Waals surface area contributed by atoms with Crippen molar-refractivity contribution in [1.82, 2.24) is 0 Å². The lowest BCUT2D eigenvalue weighted by molar-refractivity contribution is 0.103. The predicted octanol–water partition coefficient (Wildman–Crippen LogP) is 6.48. The highest BCUT2D eigenvalue weighted by atomic mass is 31.0. The molecule has 2 aliphatic rings. The van der Waals surface area contributed by atoms with Crippen molar-refractivity contribution in [1.29, 1.82) is 0 Å². The highest BCUT2D eigenvalue weighted by Crippen LogP contribution is 2.42. The van der Waals surface area contributed by atoms with E-state index in [1.807, 2.05) is 12.1 Å². The Morgan fingerprint density at radius 1 is 0.655 bits per heavy atom. The SMILES string of the molecule is O=C(c1cccc(O)c1C1CCCCC1)c1cccc(O)c1C1CCCCC1.P. The first-order valence-corrected chi connectivity index (χ1v) is 10.8. The third-order valence-corrected chi connectivity index (χ3v) is 6.68. The molecule has 0 radical (unpaired) electrons. The van der Waals surface area contributed by atoms with E-state index in [1.165, 1.54) is 12.8 Å².